The highest BCUT2D eigenvalue weighted by Crippen LogP contribution is 2.37. The van der Waals surface area contributed by atoms with Gasteiger partial charge in [-0.2, -0.15) is 13.2 Å². The summed E-state index contributed by atoms with van der Waals surface area (Å²) in [4.78, 5) is 8.25. The average Bonchev–Trinajstić information content (AvgIpc) is 2.45. The lowest BCUT2D eigenvalue weighted by Crippen LogP contribution is -2.21. The van der Waals surface area contributed by atoms with Crippen LogP contribution in [0.4, 0.5) is 13.2 Å². The molecule has 4 N–H and O–H groups in total. The Labute approximate surface area is 123 Å². The molecule has 0 saturated carbocycles. The average molecular weight is 314 g/mol. The first-order valence-corrected chi connectivity index (χ1v) is 6.84. The molecule has 0 fully saturated rings. The number of thioether (sulfide) groups is 1. The molecular weight excluding hydrogens is 301 g/mol. The molecule has 112 valence electrons. The molecule has 4 nitrogen and oxygen atoms in total. The normalized spacial score (nSPS) is 13.2. The fraction of sp³-hybridized carbons (Fsp3) is 0.231. The zero-order valence-corrected chi connectivity index (χ0v) is 11.7. The minimum Gasteiger partial charge on any atom is -0.329 e. The third-order valence-electron chi connectivity index (χ3n) is 2.71. The first kappa shape index (κ1) is 15.7. The Balaban J connectivity index is 2.23. The van der Waals surface area contributed by atoms with Crippen LogP contribution in [0.3, 0.4) is 0 Å². The molecule has 1 aromatic carbocycles. The second-order valence-electron chi connectivity index (χ2n) is 4.24. The van der Waals surface area contributed by atoms with E-state index in [0.717, 1.165) is 0 Å². The van der Waals surface area contributed by atoms with Gasteiger partial charge in [0, 0.05) is 17.0 Å². The third kappa shape index (κ3) is 4.42. The number of nitrogens with two attached hydrogens (primary N) is 2. The maximum absolute atomic E-state index is 12.3. The molecule has 0 aliphatic carbocycles. The first-order valence-electron chi connectivity index (χ1n) is 6.03. The number of benzene rings is 1. The SMILES string of the molecule is NCC(N)c1cc(-c2ccc(SC(F)(F)F)cc2)ncn1. The number of halogens is 3. The topological polar surface area (TPSA) is 77.8 Å². The molecule has 2 rings (SSSR count). The van der Waals surface area contributed by atoms with Crippen LogP contribution in [0.15, 0.2) is 41.6 Å². The largest absolute Gasteiger partial charge is 0.446 e. The molecule has 0 bridgehead atoms. The highest BCUT2D eigenvalue weighted by atomic mass is 32.2. The molecule has 1 atom stereocenters. The Kier molecular flexibility index (Phi) is 4.81. The van der Waals surface area contributed by atoms with Crippen molar-refractivity contribution in [1.82, 2.24) is 9.97 Å². The predicted octanol–water partition coefficient (Wildman–Crippen LogP) is 2.71. The van der Waals surface area contributed by atoms with E-state index in [1.165, 1.54) is 18.5 Å². The van der Waals surface area contributed by atoms with Gasteiger partial charge in [0.15, 0.2) is 0 Å². The molecule has 8 heteroatoms. The lowest BCUT2D eigenvalue weighted by atomic mass is 10.1. The van der Waals surface area contributed by atoms with Crippen LogP contribution in [0, 0.1) is 0 Å². The summed E-state index contributed by atoms with van der Waals surface area (Å²) in [6, 6.07) is 7.24. The Hall–Kier alpha value is -1.64. The monoisotopic (exact) mass is 314 g/mol. The second kappa shape index (κ2) is 6.42. The van der Waals surface area contributed by atoms with Crippen LogP contribution in [-0.2, 0) is 0 Å². The van der Waals surface area contributed by atoms with Crippen LogP contribution in [0.2, 0.25) is 0 Å². The highest BCUT2D eigenvalue weighted by molar-refractivity contribution is 8.00. The number of hydrogen-bond donors (Lipinski definition) is 2. The molecule has 1 aromatic heterocycles. The van der Waals surface area contributed by atoms with Crippen LogP contribution in [-0.4, -0.2) is 22.0 Å². The molecule has 0 saturated heterocycles. The minimum atomic E-state index is -4.29. The fourth-order valence-electron chi connectivity index (χ4n) is 1.68. The molecular formula is C13H13F3N4S. The van der Waals surface area contributed by atoms with Crippen molar-refractivity contribution in [1.29, 1.82) is 0 Å². The zero-order chi connectivity index (χ0) is 15.5. The van der Waals surface area contributed by atoms with Crippen LogP contribution >= 0.6 is 11.8 Å². The molecule has 0 spiro atoms. The number of alkyl halides is 3. The molecule has 0 aliphatic rings. The molecule has 1 heterocycles. The number of rotatable bonds is 4. The van der Waals surface area contributed by atoms with E-state index in [4.69, 9.17) is 11.5 Å². The summed E-state index contributed by atoms with van der Waals surface area (Å²) < 4.78 is 36.8. The van der Waals surface area contributed by atoms with Crippen LogP contribution < -0.4 is 11.5 Å². The second-order valence-corrected chi connectivity index (χ2v) is 5.38. The Morgan fingerprint density at radius 1 is 1.14 bits per heavy atom. The van der Waals surface area contributed by atoms with E-state index in [2.05, 4.69) is 9.97 Å². The van der Waals surface area contributed by atoms with Gasteiger partial charge < -0.3 is 11.5 Å². The summed E-state index contributed by atoms with van der Waals surface area (Å²) in [5, 5.41) is 0. The number of hydrogen-bond acceptors (Lipinski definition) is 5. The van der Waals surface area contributed by atoms with Crippen molar-refractivity contribution < 1.29 is 13.2 Å². The third-order valence-corrected chi connectivity index (χ3v) is 3.45. The van der Waals surface area contributed by atoms with Gasteiger partial charge in [0.05, 0.1) is 17.4 Å². The van der Waals surface area contributed by atoms with E-state index in [0.29, 0.717) is 17.0 Å². The van der Waals surface area contributed by atoms with Gasteiger partial charge in [0.25, 0.3) is 0 Å². The summed E-state index contributed by atoms with van der Waals surface area (Å²) in [5.74, 6) is 0. The van der Waals surface area contributed by atoms with E-state index in [-0.39, 0.29) is 23.2 Å². The number of nitrogens with zero attached hydrogens (tertiary/aromatic N) is 2. The summed E-state index contributed by atoms with van der Waals surface area (Å²) in [7, 11) is 0. The lowest BCUT2D eigenvalue weighted by molar-refractivity contribution is -0.0328. The van der Waals surface area contributed by atoms with Gasteiger partial charge in [-0.05, 0) is 30.0 Å². The maximum Gasteiger partial charge on any atom is 0.446 e. The van der Waals surface area contributed by atoms with Gasteiger partial charge >= 0.3 is 5.51 Å². The molecule has 0 aliphatic heterocycles. The van der Waals surface area contributed by atoms with Gasteiger partial charge in [-0.25, -0.2) is 9.97 Å². The van der Waals surface area contributed by atoms with E-state index in [9.17, 15) is 13.2 Å². The summed E-state index contributed by atoms with van der Waals surface area (Å²) >= 11 is -0.153. The van der Waals surface area contributed by atoms with E-state index < -0.39 is 11.6 Å². The van der Waals surface area contributed by atoms with Crippen LogP contribution in [0.1, 0.15) is 11.7 Å². The van der Waals surface area contributed by atoms with Crippen molar-refractivity contribution in [2.45, 2.75) is 16.4 Å². The summed E-state index contributed by atoms with van der Waals surface area (Å²) in [5.41, 5.74) is 8.85. The zero-order valence-electron chi connectivity index (χ0n) is 10.8. The Morgan fingerprint density at radius 2 is 1.81 bits per heavy atom. The molecule has 0 amide bonds. The minimum absolute atomic E-state index is 0.124. The van der Waals surface area contributed by atoms with Crippen molar-refractivity contribution in [2.75, 3.05) is 6.54 Å². The van der Waals surface area contributed by atoms with Crippen LogP contribution in [0.5, 0.6) is 0 Å². The number of aromatic nitrogens is 2. The van der Waals surface area contributed by atoms with Gasteiger partial charge in [0.2, 0.25) is 0 Å². The summed E-state index contributed by atoms with van der Waals surface area (Å²) in [6.45, 7) is 0.248. The smallest absolute Gasteiger partial charge is 0.329 e. The Bertz CT molecular complexity index is 601. The summed E-state index contributed by atoms with van der Waals surface area (Å²) in [6.07, 6.45) is 1.36. The Morgan fingerprint density at radius 3 is 2.38 bits per heavy atom. The van der Waals surface area contributed by atoms with Gasteiger partial charge in [-0.3, -0.25) is 0 Å². The van der Waals surface area contributed by atoms with Gasteiger partial charge in [-0.15, -0.1) is 0 Å². The van der Waals surface area contributed by atoms with Gasteiger partial charge in [0.1, 0.15) is 6.33 Å². The van der Waals surface area contributed by atoms with Crippen molar-refractivity contribution >= 4 is 11.8 Å². The highest BCUT2D eigenvalue weighted by Gasteiger charge is 2.29. The molecule has 2 aromatic rings. The van der Waals surface area contributed by atoms with E-state index in [1.807, 2.05) is 0 Å². The van der Waals surface area contributed by atoms with Crippen molar-refractivity contribution in [3.63, 3.8) is 0 Å². The fourth-order valence-corrected chi connectivity index (χ4v) is 2.22. The molecule has 21 heavy (non-hydrogen) atoms. The van der Waals surface area contributed by atoms with Crippen molar-refractivity contribution in [2.24, 2.45) is 11.5 Å². The van der Waals surface area contributed by atoms with Gasteiger partial charge in [-0.1, -0.05) is 12.1 Å². The van der Waals surface area contributed by atoms with Crippen molar-refractivity contribution in [3.8, 4) is 11.3 Å². The van der Waals surface area contributed by atoms with Crippen LogP contribution in [0.25, 0.3) is 11.3 Å². The molecule has 0 radical (unpaired) electrons. The molecule has 1 unspecified atom stereocenters. The first-order chi connectivity index (χ1) is 9.89. The lowest BCUT2D eigenvalue weighted by Gasteiger charge is -2.10. The quantitative estimate of drug-likeness (QED) is 0.848. The maximum atomic E-state index is 12.3. The standard InChI is InChI=1S/C13H13F3N4S/c14-13(15,16)21-9-3-1-8(2-4-9)11-5-12(10(18)6-17)20-7-19-11/h1-5,7,10H,6,17-18H2. The van der Waals surface area contributed by atoms with E-state index in [1.54, 1.807) is 18.2 Å². The predicted molar refractivity (Wildman–Crippen MR) is 75.4 cm³/mol. The van der Waals surface area contributed by atoms with E-state index >= 15 is 0 Å². The van der Waals surface area contributed by atoms with Crippen molar-refractivity contribution in [3.05, 3.63) is 42.4 Å².